The summed E-state index contributed by atoms with van der Waals surface area (Å²) >= 11 is 1.56. The van der Waals surface area contributed by atoms with Gasteiger partial charge in [0.05, 0.1) is 12.6 Å². The van der Waals surface area contributed by atoms with E-state index in [9.17, 15) is 24.3 Å². The summed E-state index contributed by atoms with van der Waals surface area (Å²) in [5, 5.41) is 16.8. The lowest BCUT2D eigenvalue weighted by Gasteiger charge is -2.22. The molecule has 10 N–H and O–H groups in total. The second-order valence-electron chi connectivity index (χ2n) is 7.19. The Morgan fingerprint density at radius 3 is 1.97 bits per heavy atom. The number of aliphatic carboxylic acids is 1. The fraction of sp³-hybridized carbons (Fsp3) is 0.789. The Kier molecular flexibility index (Phi) is 16.7. The standard InChI is InChI=1S/C19H38N6O5S/c1-31-11-8-13(22)17(27)23-12-16(26)24-14(6-2-4-9-20)18(28)25-15(19(29)30)7-3-5-10-21/h13-15H,2-12,20-22H2,1H3,(H,23,27)(H,24,26)(H,25,28)(H,29,30). The molecule has 0 saturated heterocycles. The van der Waals surface area contributed by atoms with Crippen molar-refractivity contribution >= 4 is 35.5 Å². The van der Waals surface area contributed by atoms with Gasteiger partial charge in [-0.3, -0.25) is 14.4 Å². The van der Waals surface area contributed by atoms with Crippen LogP contribution in [-0.4, -0.2) is 78.6 Å². The fourth-order valence-corrected chi connectivity index (χ4v) is 3.19. The molecule has 0 bridgehead atoms. The minimum Gasteiger partial charge on any atom is -0.480 e. The zero-order valence-electron chi connectivity index (χ0n) is 18.2. The van der Waals surface area contributed by atoms with E-state index in [0.29, 0.717) is 51.6 Å². The smallest absolute Gasteiger partial charge is 0.326 e. The summed E-state index contributed by atoms with van der Waals surface area (Å²) in [6.07, 6.45) is 5.36. The van der Waals surface area contributed by atoms with Crippen molar-refractivity contribution < 1.29 is 24.3 Å². The summed E-state index contributed by atoms with van der Waals surface area (Å²) in [7, 11) is 0. The zero-order chi connectivity index (χ0) is 23.6. The van der Waals surface area contributed by atoms with Gasteiger partial charge in [0, 0.05) is 0 Å². The molecule has 180 valence electrons. The highest BCUT2D eigenvalue weighted by atomic mass is 32.2. The molecule has 0 saturated carbocycles. The number of hydrogen-bond acceptors (Lipinski definition) is 8. The van der Waals surface area contributed by atoms with Crippen LogP contribution >= 0.6 is 11.8 Å². The first-order valence-electron chi connectivity index (χ1n) is 10.5. The van der Waals surface area contributed by atoms with Crippen LogP contribution in [0.2, 0.25) is 0 Å². The number of rotatable bonds is 18. The van der Waals surface area contributed by atoms with Crippen LogP contribution in [0.25, 0.3) is 0 Å². The minimum atomic E-state index is -1.15. The van der Waals surface area contributed by atoms with Gasteiger partial charge in [-0.25, -0.2) is 4.79 Å². The summed E-state index contributed by atoms with van der Waals surface area (Å²) in [5.74, 6) is -2.02. The number of hydrogen-bond donors (Lipinski definition) is 7. The molecule has 0 aliphatic carbocycles. The van der Waals surface area contributed by atoms with E-state index in [1.54, 1.807) is 11.8 Å². The number of carbonyl (C=O) groups is 4. The highest BCUT2D eigenvalue weighted by Gasteiger charge is 2.26. The number of nitrogens with two attached hydrogens (primary N) is 3. The molecule has 31 heavy (non-hydrogen) atoms. The molecule has 3 unspecified atom stereocenters. The van der Waals surface area contributed by atoms with Crippen LogP contribution in [0.1, 0.15) is 44.9 Å². The molecule has 0 aliphatic rings. The number of amides is 3. The second-order valence-corrected chi connectivity index (χ2v) is 8.18. The molecular weight excluding hydrogens is 424 g/mol. The maximum absolute atomic E-state index is 12.6. The number of carboxylic acid groups (broad SMARTS) is 1. The molecule has 11 nitrogen and oxygen atoms in total. The van der Waals surface area contributed by atoms with Crippen LogP contribution in [0, 0.1) is 0 Å². The first-order valence-corrected chi connectivity index (χ1v) is 11.9. The van der Waals surface area contributed by atoms with Crippen molar-refractivity contribution in [3.63, 3.8) is 0 Å². The van der Waals surface area contributed by atoms with Crippen LogP contribution < -0.4 is 33.2 Å². The summed E-state index contributed by atoms with van der Waals surface area (Å²) in [6.45, 7) is 0.541. The maximum atomic E-state index is 12.6. The zero-order valence-corrected chi connectivity index (χ0v) is 19.0. The lowest BCUT2D eigenvalue weighted by Crippen LogP contribution is -2.53. The SMILES string of the molecule is CSCCC(N)C(=O)NCC(=O)NC(CCCCN)C(=O)NC(CCCCN)C(=O)O. The van der Waals surface area contributed by atoms with E-state index in [2.05, 4.69) is 16.0 Å². The van der Waals surface area contributed by atoms with Crippen molar-refractivity contribution in [1.29, 1.82) is 0 Å². The van der Waals surface area contributed by atoms with Gasteiger partial charge >= 0.3 is 5.97 Å². The molecule has 3 atom stereocenters. The van der Waals surface area contributed by atoms with Crippen LogP contribution in [0.5, 0.6) is 0 Å². The van der Waals surface area contributed by atoms with Crippen molar-refractivity contribution in [2.24, 2.45) is 17.2 Å². The average Bonchev–Trinajstić information content (AvgIpc) is 2.74. The largest absolute Gasteiger partial charge is 0.480 e. The highest BCUT2D eigenvalue weighted by Crippen LogP contribution is 2.05. The minimum absolute atomic E-state index is 0.242. The predicted molar refractivity (Wildman–Crippen MR) is 121 cm³/mol. The molecule has 0 aromatic heterocycles. The molecule has 0 rings (SSSR count). The van der Waals surface area contributed by atoms with E-state index < -0.39 is 41.8 Å². The normalized spacial score (nSPS) is 13.7. The number of nitrogens with one attached hydrogen (secondary N) is 3. The maximum Gasteiger partial charge on any atom is 0.326 e. The van der Waals surface area contributed by atoms with Crippen LogP contribution in [0.3, 0.4) is 0 Å². The molecule has 0 aromatic carbocycles. The van der Waals surface area contributed by atoms with Gasteiger partial charge in [0.1, 0.15) is 12.1 Å². The van der Waals surface area contributed by atoms with Gasteiger partial charge in [0.15, 0.2) is 0 Å². The lowest BCUT2D eigenvalue weighted by molar-refractivity contribution is -0.142. The van der Waals surface area contributed by atoms with Crippen LogP contribution in [0.15, 0.2) is 0 Å². The molecule has 0 spiro atoms. The summed E-state index contributed by atoms with van der Waals surface area (Å²) in [5.41, 5.74) is 16.7. The number of unbranched alkanes of at least 4 members (excludes halogenated alkanes) is 2. The quantitative estimate of drug-likeness (QED) is 0.118. The predicted octanol–water partition coefficient (Wildman–Crippen LogP) is -1.50. The van der Waals surface area contributed by atoms with Crippen molar-refractivity contribution in [3.05, 3.63) is 0 Å². The van der Waals surface area contributed by atoms with Gasteiger partial charge in [-0.1, -0.05) is 0 Å². The number of carboxylic acids is 1. The molecule has 0 fully saturated rings. The molecular formula is C19H38N6O5S. The summed E-state index contributed by atoms with van der Waals surface area (Å²) in [4.78, 5) is 48.3. The molecule has 0 aromatic rings. The molecule has 3 amide bonds. The highest BCUT2D eigenvalue weighted by molar-refractivity contribution is 7.98. The third-order valence-corrected chi connectivity index (χ3v) is 5.20. The second kappa shape index (κ2) is 17.8. The molecule has 0 aliphatic heterocycles. The molecule has 0 radical (unpaired) electrons. The van der Waals surface area contributed by atoms with Crippen molar-refractivity contribution in [2.45, 2.75) is 63.1 Å². The van der Waals surface area contributed by atoms with Gasteiger partial charge < -0.3 is 38.3 Å². The summed E-state index contributed by atoms with van der Waals surface area (Å²) < 4.78 is 0. The van der Waals surface area contributed by atoms with Crippen molar-refractivity contribution in [1.82, 2.24) is 16.0 Å². The van der Waals surface area contributed by atoms with Crippen LogP contribution in [0.4, 0.5) is 0 Å². The Bertz CT molecular complexity index is 566. The number of thioether (sulfide) groups is 1. The topological polar surface area (TPSA) is 203 Å². The van der Waals surface area contributed by atoms with Gasteiger partial charge in [-0.15, -0.1) is 0 Å². The first-order chi connectivity index (χ1) is 14.8. The van der Waals surface area contributed by atoms with Gasteiger partial charge in [0.2, 0.25) is 17.7 Å². The van der Waals surface area contributed by atoms with E-state index in [1.165, 1.54) is 0 Å². The average molecular weight is 463 g/mol. The van der Waals surface area contributed by atoms with Gasteiger partial charge in [-0.05, 0) is 70.0 Å². The van der Waals surface area contributed by atoms with Crippen LogP contribution in [-0.2, 0) is 19.2 Å². The van der Waals surface area contributed by atoms with E-state index in [-0.39, 0.29) is 13.0 Å². The Hall–Kier alpha value is -1.89. The third kappa shape index (κ3) is 13.9. The van der Waals surface area contributed by atoms with Gasteiger partial charge in [0.25, 0.3) is 0 Å². The number of carbonyl (C=O) groups excluding carboxylic acids is 3. The Morgan fingerprint density at radius 1 is 0.871 bits per heavy atom. The molecule has 0 heterocycles. The van der Waals surface area contributed by atoms with E-state index >= 15 is 0 Å². The van der Waals surface area contributed by atoms with E-state index in [0.717, 1.165) is 5.75 Å². The van der Waals surface area contributed by atoms with Crippen molar-refractivity contribution in [2.75, 3.05) is 31.6 Å². The fourth-order valence-electron chi connectivity index (χ4n) is 2.70. The Balaban J connectivity index is 4.83. The summed E-state index contributed by atoms with van der Waals surface area (Å²) in [6, 6.07) is -2.71. The monoisotopic (exact) mass is 462 g/mol. The Labute approximate surface area is 188 Å². The molecule has 12 heteroatoms. The van der Waals surface area contributed by atoms with Crippen molar-refractivity contribution in [3.8, 4) is 0 Å². The first kappa shape index (κ1) is 29.1. The Morgan fingerprint density at radius 2 is 1.45 bits per heavy atom. The van der Waals surface area contributed by atoms with Gasteiger partial charge in [-0.2, -0.15) is 11.8 Å². The lowest BCUT2D eigenvalue weighted by atomic mass is 10.1. The third-order valence-electron chi connectivity index (χ3n) is 4.55. The van der Waals surface area contributed by atoms with E-state index in [1.807, 2.05) is 6.26 Å². The van der Waals surface area contributed by atoms with E-state index in [4.69, 9.17) is 17.2 Å².